The lowest BCUT2D eigenvalue weighted by atomic mass is 10.1. The Balaban J connectivity index is 1.54. The lowest BCUT2D eigenvalue weighted by Gasteiger charge is -2.15. The van der Waals surface area contributed by atoms with Gasteiger partial charge >= 0.3 is 0 Å². The fourth-order valence-corrected chi connectivity index (χ4v) is 4.99. The summed E-state index contributed by atoms with van der Waals surface area (Å²) in [6.07, 6.45) is 4.72. The van der Waals surface area contributed by atoms with Crippen molar-refractivity contribution in [2.24, 2.45) is 0 Å². The molecule has 6 heteroatoms. The molecular formula is C24H27N5S. The highest BCUT2D eigenvalue weighted by atomic mass is 32.2. The molecule has 1 fully saturated rings. The van der Waals surface area contributed by atoms with E-state index in [1.807, 2.05) is 0 Å². The Hall–Kier alpha value is -2.57. The highest BCUT2D eigenvalue weighted by molar-refractivity contribution is 7.98. The molecule has 30 heavy (non-hydrogen) atoms. The molecule has 0 bridgehead atoms. The summed E-state index contributed by atoms with van der Waals surface area (Å²) in [6.45, 7) is 6.35. The van der Waals surface area contributed by atoms with Gasteiger partial charge in [-0.2, -0.15) is 0 Å². The second kappa shape index (κ2) is 7.93. The molecule has 4 aromatic rings. The number of benzene rings is 2. The number of hydrogen-bond donors (Lipinski definition) is 1. The Bertz CT molecular complexity index is 1210. The van der Waals surface area contributed by atoms with Gasteiger partial charge in [-0.1, -0.05) is 48.2 Å². The largest absolute Gasteiger partial charge is 0.382 e. The summed E-state index contributed by atoms with van der Waals surface area (Å²) in [6, 6.07) is 15.4. The number of nitrogens with zero attached hydrogens (tertiary/aromatic N) is 4. The van der Waals surface area contributed by atoms with Crippen LogP contribution in [-0.2, 0) is 13.1 Å². The van der Waals surface area contributed by atoms with E-state index in [4.69, 9.17) is 10.7 Å². The van der Waals surface area contributed by atoms with Gasteiger partial charge in [-0.05, 0) is 61.9 Å². The van der Waals surface area contributed by atoms with E-state index < -0.39 is 0 Å². The van der Waals surface area contributed by atoms with Gasteiger partial charge in [0.05, 0.1) is 17.6 Å². The highest BCUT2D eigenvalue weighted by Gasteiger charge is 2.17. The fraction of sp³-hybridized carbons (Fsp3) is 0.333. The quantitative estimate of drug-likeness (QED) is 0.471. The van der Waals surface area contributed by atoms with Gasteiger partial charge in [-0.15, -0.1) is 0 Å². The van der Waals surface area contributed by atoms with Gasteiger partial charge in [-0.25, -0.2) is 9.97 Å². The second-order valence-corrected chi connectivity index (χ2v) is 8.97. The molecule has 1 aliphatic rings. The maximum Gasteiger partial charge on any atom is 0.169 e. The van der Waals surface area contributed by atoms with Gasteiger partial charge in [0, 0.05) is 11.9 Å². The molecule has 0 saturated carbocycles. The van der Waals surface area contributed by atoms with Gasteiger partial charge in [0.1, 0.15) is 5.52 Å². The van der Waals surface area contributed by atoms with Crippen LogP contribution in [0.1, 0.15) is 29.5 Å². The van der Waals surface area contributed by atoms with Crippen LogP contribution in [0.5, 0.6) is 0 Å². The molecule has 1 aliphatic heterocycles. The fourth-order valence-electron chi connectivity index (χ4n) is 4.44. The number of aromatic nitrogens is 3. The van der Waals surface area contributed by atoms with Crippen LogP contribution in [0, 0.1) is 6.92 Å². The maximum atomic E-state index is 6.30. The zero-order chi connectivity index (χ0) is 20.7. The average Bonchev–Trinajstić information content (AvgIpc) is 3.38. The number of pyridine rings is 1. The van der Waals surface area contributed by atoms with E-state index in [2.05, 4.69) is 70.1 Å². The van der Waals surface area contributed by atoms with Crippen molar-refractivity contribution >= 4 is 39.5 Å². The predicted octanol–water partition coefficient (Wildman–Crippen LogP) is 4.84. The van der Waals surface area contributed by atoms with Crippen LogP contribution in [0.25, 0.3) is 21.9 Å². The summed E-state index contributed by atoms with van der Waals surface area (Å²) in [4.78, 5) is 12.0. The smallest absolute Gasteiger partial charge is 0.169 e. The SMILES string of the molecule is CSc1nc2c(N)nc3cc(C)ccc3c2n1Cc1ccc(CN2CCCC2)cc1. The van der Waals surface area contributed by atoms with Crippen LogP contribution in [0.15, 0.2) is 47.6 Å². The van der Waals surface area contributed by atoms with Crippen LogP contribution in [0.3, 0.4) is 0 Å². The number of likely N-dealkylation sites (tertiary alicyclic amines) is 1. The van der Waals surface area contributed by atoms with E-state index in [0.717, 1.165) is 40.2 Å². The molecule has 5 rings (SSSR count). The molecule has 1 saturated heterocycles. The van der Waals surface area contributed by atoms with Crippen molar-refractivity contribution in [1.82, 2.24) is 19.4 Å². The first-order chi connectivity index (χ1) is 14.6. The summed E-state index contributed by atoms with van der Waals surface area (Å²) >= 11 is 1.65. The number of rotatable bonds is 5. The number of aryl methyl sites for hydroxylation is 1. The molecule has 2 aromatic heterocycles. The van der Waals surface area contributed by atoms with E-state index in [1.54, 1.807) is 11.8 Å². The molecule has 0 spiro atoms. The summed E-state index contributed by atoms with van der Waals surface area (Å²) in [5, 5.41) is 2.07. The molecule has 3 heterocycles. The first-order valence-electron chi connectivity index (χ1n) is 10.5. The van der Waals surface area contributed by atoms with Crippen molar-refractivity contribution in [3.63, 3.8) is 0 Å². The molecule has 0 amide bonds. The van der Waals surface area contributed by atoms with Gasteiger partial charge in [0.2, 0.25) is 0 Å². The Morgan fingerprint density at radius 3 is 2.37 bits per heavy atom. The molecule has 0 atom stereocenters. The molecule has 154 valence electrons. The van der Waals surface area contributed by atoms with Crippen LogP contribution in [0.2, 0.25) is 0 Å². The molecule has 2 aromatic carbocycles. The molecule has 0 unspecified atom stereocenters. The van der Waals surface area contributed by atoms with Gasteiger partial charge in [0.15, 0.2) is 11.0 Å². The van der Waals surface area contributed by atoms with Crippen molar-refractivity contribution in [2.45, 2.75) is 38.0 Å². The number of fused-ring (bicyclic) bond motifs is 3. The van der Waals surface area contributed by atoms with Crippen molar-refractivity contribution in [3.8, 4) is 0 Å². The normalized spacial score (nSPS) is 14.9. The number of hydrogen-bond acceptors (Lipinski definition) is 5. The minimum absolute atomic E-state index is 0.498. The van der Waals surface area contributed by atoms with E-state index in [-0.39, 0.29) is 0 Å². The molecule has 2 N–H and O–H groups in total. The van der Waals surface area contributed by atoms with E-state index in [9.17, 15) is 0 Å². The molecule has 5 nitrogen and oxygen atoms in total. The van der Waals surface area contributed by atoms with Crippen LogP contribution in [0.4, 0.5) is 5.82 Å². The zero-order valence-corrected chi connectivity index (χ0v) is 18.4. The number of nitrogens with two attached hydrogens (primary N) is 1. The maximum absolute atomic E-state index is 6.30. The van der Waals surface area contributed by atoms with Crippen LogP contribution in [-0.4, -0.2) is 38.8 Å². The van der Waals surface area contributed by atoms with Crippen LogP contribution >= 0.6 is 11.8 Å². The van der Waals surface area contributed by atoms with Crippen LogP contribution < -0.4 is 5.73 Å². The summed E-state index contributed by atoms with van der Waals surface area (Å²) in [5.74, 6) is 0.498. The lowest BCUT2D eigenvalue weighted by molar-refractivity contribution is 0.331. The topological polar surface area (TPSA) is 60.0 Å². The molecular weight excluding hydrogens is 390 g/mol. The third kappa shape index (κ3) is 3.55. The number of anilines is 1. The molecule has 0 aliphatic carbocycles. The third-order valence-electron chi connectivity index (χ3n) is 5.98. The monoisotopic (exact) mass is 417 g/mol. The predicted molar refractivity (Wildman–Crippen MR) is 126 cm³/mol. The summed E-state index contributed by atoms with van der Waals surface area (Å²) < 4.78 is 2.28. The summed E-state index contributed by atoms with van der Waals surface area (Å²) in [7, 11) is 0. The number of nitrogen functional groups attached to an aromatic ring is 1. The second-order valence-electron chi connectivity index (χ2n) is 8.20. The number of imidazole rings is 1. The van der Waals surface area contributed by atoms with E-state index >= 15 is 0 Å². The van der Waals surface area contributed by atoms with Gasteiger partial charge in [0.25, 0.3) is 0 Å². The Morgan fingerprint density at radius 1 is 0.967 bits per heavy atom. The zero-order valence-electron chi connectivity index (χ0n) is 17.6. The molecule has 0 radical (unpaired) electrons. The Labute approximate surface area is 181 Å². The van der Waals surface area contributed by atoms with Gasteiger partial charge in [-0.3, -0.25) is 4.90 Å². The Kier molecular flexibility index (Phi) is 5.13. The third-order valence-corrected chi connectivity index (χ3v) is 6.65. The lowest BCUT2D eigenvalue weighted by Crippen LogP contribution is -2.18. The van der Waals surface area contributed by atoms with Crippen molar-refractivity contribution in [3.05, 3.63) is 59.2 Å². The first-order valence-corrected chi connectivity index (χ1v) is 11.7. The van der Waals surface area contributed by atoms with Crippen molar-refractivity contribution < 1.29 is 0 Å². The minimum atomic E-state index is 0.498. The standard InChI is InChI=1S/C24H27N5S/c1-16-5-10-19-20(13-16)26-23(25)21-22(19)29(24(27-21)30-2)15-18-8-6-17(7-9-18)14-28-11-3-4-12-28/h5-10,13H,3-4,11-12,14-15H2,1-2H3,(H2,25,26). The Morgan fingerprint density at radius 2 is 1.67 bits per heavy atom. The van der Waals surface area contributed by atoms with E-state index in [0.29, 0.717) is 5.82 Å². The average molecular weight is 418 g/mol. The summed E-state index contributed by atoms with van der Waals surface area (Å²) in [5.41, 5.74) is 12.9. The first kappa shape index (κ1) is 19.4. The highest BCUT2D eigenvalue weighted by Crippen LogP contribution is 2.32. The minimum Gasteiger partial charge on any atom is -0.382 e. The van der Waals surface area contributed by atoms with Crippen molar-refractivity contribution in [2.75, 3.05) is 25.1 Å². The van der Waals surface area contributed by atoms with Gasteiger partial charge < -0.3 is 10.3 Å². The number of thioether (sulfide) groups is 1. The van der Waals surface area contributed by atoms with Crippen molar-refractivity contribution in [1.29, 1.82) is 0 Å². The van der Waals surface area contributed by atoms with E-state index in [1.165, 1.54) is 42.6 Å².